The Bertz CT molecular complexity index is 712. The van der Waals surface area contributed by atoms with Crippen LogP contribution < -0.4 is 9.64 Å². The van der Waals surface area contributed by atoms with Crippen LogP contribution in [-0.2, 0) is 4.79 Å². The number of Topliss-reactive ketones (excluding diaryl/α,β-unsaturated/α-hetero) is 1. The molecule has 1 aliphatic rings. The molecule has 2 aromatic rings. The Balaban J connectivity index is 1.52. The minimum absolute atomic E-state index is 0.186. The molecular weight excluding hydrogens is 368 g/mol. The van der Waals surface area contributed by atoms with Crippen LogP contribution >= 0.6 is 15.9 Å². The lowest BCUT2D eigenvalue weighted by atomic mass is 9.96. The number of ether oxygens (including phenoxy) is 1. The Morgan fingerprint density at radius 1 is 1.33 bits per heavy atom. The number of aromatic nitrogens is 1. The van der Waals surface area contributed by atoms with Crippen molar-refractivity contribution < 1.29 is 9.53 Å². The third kappa shape index (κ3) is 4.15. The fourth-order valence-electron chi connectivity index (χ4n) is 2.88. The summed E-state index contributed by atoms with van der Waals surface area (Å²) in [6.07, 6.45) is 2.57. The molecule has 0 aliphatic carbocycles. The number of benzene rings is 1. The molecule has 0 unspecified atom stereocenters. The Kier molecular flexibility index (Phi) is 5.19. The van der Waals surface area contributed by atoms with E-state index in [4.69, 9.17) is 4.74 Å². The maximum absolute atomic E-state index is 11.2. The van der Waals surface area contributed by atoms with Gasteiger partial charge in [-0.15, -0.1) is 0 Å². The summed E-state index contributed by atoms with van der Waals surface area (Å²) < 4.78 is 7.03. The maximum Gasteiger partial charge on any atom is 0.134 e. The molecule has 5 heteroatoms. The lowest BCUT2D eigenvalue weighted by Crippen LogP contribution is -2.54. The first-order valence-corrected chi connectivity index (χ1v) is 8.93. The number of carbonyl (C=O) groups is 1. The smallest absolute Gasteiger partial charge is 0.134 e. The largest absolute Gasteiger partial charge is 0.487 e. The molecule has 0 saturated carbocycles. The average molecular weight is 389 g/mol. The van der Waals surface area contributed by atoms with Crippen LogP contribution in [-0.4, -0.2) is 30.0 Å². The standard InChI is InChI=1S/C19H21BrN2O2/c1-13(9-14(2)23)15-3-5-17(6-4-15)24-18-11-22(12-18)19-10-16(20)7-8-21-19/h3-8,10,13,18H,9,11-12H2,1-2H3/t13-/m1/s1. The number of ketones is 1. The lowest BCUT2D eigenvalue weighted by Gasteiger charge is -2.39. The SMILES string of the molecule is CC(=O)C[C@@H](C)c1ccc(OC2CN(c3cc(Br)ccn3)C2)cc1. The first kappa shape index (κ1) is 17.0. The second kappa shape index (κ2) is 7.34. The minimum Gasteiger partial charge on any atom is -0.487 e. The van der Waals surface area contributed by atoms with Crippen LogP contribution in [0.2, 0.25) is 0 Å². The number of hydrogen-bond donors (Lipinski definition) is 0. The van der Waals surface area contributed by atoms with Gasteiger partial charge in [0.25, 0.3) is 0 Å². The monoisotopic (exact) mass is 388 g/mol. The average Bonchev–Trinajstić information content (AvgIpc) is 2.50. The van der Waals surface area contributed by atoms with Crippen molar-refractivity contribution in [3.8, 4) is 5.75 Å². The van der Waals surface area contributed by atoms with E-state index in [1.54, 1.807) is 13.1 Å². The third-order valence-electron chi connectivity index (χ3n) is 4.23. The summed E-state index contributed by atoms with van der Waals surface area (Å²) in [5.74, 6) is 2.31. The molecule has 1 aromatic carbocycles. The van der Waals surface area contributed by atoms with Crippen molar-refractivity contribution in [1.82, 2.24) is 4.98 Å². The summed E-state index contributed by atoms with van der Waals surface area (Å²) in [6.45, 7) is 5.39. The predicted octanol–water partition coefficient (Wildman–Crippen LogP) is 4.19. The van der Waals surface area contributed by atoms with Gasteiger partial charge < -0.3 is 14.4 Å². The molecule has 1 aromatic heterocycles. The zero-order valence-electron chi connectivity index (χ0n) is 13.9. The molecule has 0 bridgehead atoms. The van der Waals surface area contributed by atoms with Crippen molar-refractivity contribution in [1.29, 1.82) is 0 Å². The fraction of sp³-hybridized carbons (Fsp3) is 0.368. The van der Waals surface area contributed by atoms with E-state index in [9.17, 15) is 4.79 Å². The molecule has 3 rings (SSSR count). The summed E-state index contributed by atoms with van der Waals surface area (Å²) in [7, 11) is 0. The summed E-state index contributed by atoms with van der Waals surface area (Å²) in [4.78, 5) is 17.8. The van der Waals surface area contributed by atoms with E-state index in [1.807, 2.05) is 24.3 Å². The van der Waals surface area contributed by atoms with Crippen molar-refractivity contribution in [2.45, 2.75) is 32.3 Å². The topological polar surface area (TPSA) is 42.4 Å². The quantitative estimate of drug-likeness (QED) is 0.743. The van der Waals surface area contributed by atoms with Crippen LogP contribution in [0.1, 0.15) is 31.7 Å². The number of pyridine rings is 1. The highest BCUT2D eigenvalue weighted by atomic mass is 79.9. The van der Waals surface area contributed by atoms with E-state index in [0.717, 1.165) is 29.1 Å². The molecule has 0 radical (unpaired) electrons. The van der Waals surface area contributed by atoms with Gasteiger partial charge in [0.1, 0.15) is 23.5 Å². The Hall–Kier alpha value is -1.88. The zero-order valence-corrected chi connectivity index (χ0v) is 15.5. The molecule has 1 saturated heterocycles. The summed E-state index contributed by atoms with van der Waals surface area (Å²) in [6, 6.07) is 12.0. The number of carbonyl (C=O) groups excluding carboxylic acids is 1. The van der Waals surface area contributed by atoms with Crippen molar-refractivity contribution in [2.24, 2.45) is 0 Å². The Morgan fingerprint density at radius 3 is 2.67 bits per heavy atom. The van der Waals surface area contributed by atoms with E-state index in [1.165, 1.54) is 5.56 Å². The van der Waals surface area contributed by atoms with Gasteiger partial charge in [-0.25, -0.2) is 4.98 Å². The second-order valence-corrected chi connectivity index (χ2v) is 7.27. The molecule has 1 fully saturated rings. The van der Waals surface area contributed by atoms with Crippen molar-refractivity contribution >= 4 is 27.5 Å². The van der Waals surface area contributed by atoms with Gasteiger partial charge >= 0.3 is 0 Å². The lowest BCUT2D eigenvalue weighted by molar-refractivity contribution is -0.117. The van der Waals surface area contributed by atoms with Crippen molar-refractivity contribution in [3.05, 3.63) is 52.6 Å². The van der Waals surface area contributed by atoms with Crippen LogP contribution in [0.3, 0.4) is 0 Å². The Morgan fingerprint density at radius 2 is 2.04 bits per heavy atom. The maximum atomic E-state index is 11.2. The molecule has 0 amide bonds. The zero-order chi connectivity index (χ0) is 17.1. The highest BCUT2D eigenvalue weighted by molar-refractivity contribution is 9.10. The first-order chi connectivity index (χ1) is 11.5. The van der Waals surface area contributed by atoms with E-state index in [0.29, 0.717) is 6.42 Å². The fourth-order valence-corrected chi connectivity index (χ4v) is 3.21. The summed E-state index contributed by atoms with van der Waals surface area (Å²) in [5, 5.41) is 0. The van der Waals surface area contributed by atoms with Crippen LogP contribution in [0, 0.1) is 0 Å². The van der Waals surface area contributed by atoms with Gasteiger partial charge in [-0.1, -0.05) is 35.0 Å². The van der Waals surface area contributed by atoms with Gasteiger partial charge in [-0.2, -0.15) is 0 Å². The predicted molar refractivity (Wildman–Crippen MR) is 98.7 cm³/mol. The van der Waals surface area contributed by atoms with Crippen LogP contribution in [0.4, 0.5) is 5.82 Å². The number of anilines is 1. The third-order valence-corrected chi connectivity index (χ3v) is 4.72. The molecule has 2 heterocycles. The van der Waals surface area contributed by atoms with E-state index >= 15 is 0 Å². The van der Waals surface area contributed by atoms with Crippen LogP contribution in [0.15, 0.2) is 47.1 Å². The molecule has 24 heavy (non-hydrogen) atoms. The van der Waals surface area contributed by atoms with Crippen molar-refractivity contribution in [2.75, 3.05) is 18.0 Å². The van der Waals surface area contributed by atoms with Gasteiger partial charge in [0.15, 0.2) is 0 Å². The molecule has 1 aliphatic heterocycles. The highest BCUT2D eigenvalue weighted by Gasteiger charge is 2.29. The van der Waals surface area contributed by atoms with Gasteiger partial charge in [-0.05, 0) is 42.7 Å². The Labute approximate surface area is 151 Å². The summed E-state index contributed by atoms with van der Waals surface area (Å²) in [5.41, 5.74) is 1.17. The number of nitrogens with zero attached hydrogens (tertiary/aromatic N) is 2. The van der Waals surface area contributed by atoms with Gasteiger partial charge in [0.2, 0.25) is 0 Å². The second-order valence-electron chi connectivity index (χ2n) is 6.35. The van der Waals surface area contributed by atoms with E-state index in [-0.39, 0.29) is 17.8 Å². The molecule has 0 N–H and O–H groups in total. The number of rotatable bonds is 6. The minimum atomic E-state index is 0.186. The van der Waals surface area contributed by atoms with E-state index in [2.05, 4.69) is 44.9 Å². The van der Waals surface area contributed by atoms with Crippen LogP contribution in [0.25, 0.3) is 0 Å². The van der Waals surface area contributed by atoms with Gasteiger partial charge in [0, 0.05) is 17.1 Å². The van der Waals surface area contributed by atoms with Gasteiger partial charge in [0.05, 0.1) is 13.1 Å². The molecule has 1 atom stereocenters. The highest BCUT2D eigenvalue weighted by Crippen LogP contribution is 2.26. The number of halogens is 1. The van der Waals surface area contributed by atoms with E-state index < -0.39 is 0 Å². The summed E-state index contributed by atoms with van der Waals surface area (Å²) >= 11 is 3.47. The normalized spacial score (nSPS) is 15.7. The first-order valence-electron chi connectivity index (χ1n) is 8.14. The van der Waals surface area contributed by atoms with Crippen molar-refractivity contribution in [3.63, 3.8) is 0 Å². The molecular formula is C19H21BrN2O2. The van der Waals surface area contributed by atoms with Crippen LogP contribution in [0.5, 0.6) is 5.75 Å². The molecule has 0 spiro atoms. The molecule has 4 nitrogen and oxygen atoms in total. The van der Waals surface area contributed by atoms with Gasteiger partial charge in [-0.3, -0.25) is 0 Å². The molecule has 126 valence electrons. The number of hydrogen-bond acceptors (Lipinski definition) is 4.